The molecule has 0 aromatic carbocycles. The van der Waals surface area contributed by atoms with Crippen LogP contribution in [0.25, 0.3) is 0 Å². The molecule has 0 N–H and O–H groups in total. The molecule has 1 rings (SSSR count). The van der Waals surface area contributed by atoms with Gasteiger partial charge in [0.25, 0.3) is 0 Å². The lowest BCUT2D eigenvalue weighted by Gasteiger charge is -2.20. The highest BCUT2D eigenvalue weighted by Gasteiger charge is 2.20. The summed E-state index contributed by atoms with van der Waals surface area (Å²) in [5.74, 6) is 0.645. The van der Waals surface area contributed by atoms with E-state index < -0.39 is 0 Å². The number of carbonyl (C=O) groups excluding carboxylic acids is 1. The Morgan fingerprint density at radius 3 is 2.86 bits per heavy atom. The van der Waals surface area contributed by atoms with E-state index in [4.69, 9.17) is 4.74 Å². The fourth-order valence-electron chi connectivity index (χ4n) is 1.92. The third kappa shape index (κ3) is 4.23. The van der Waals surface area contributed by atoms with Crippen LogP contribution in [0.1, 0.15) is 51.9 Å². The molecule has 0 saturated carbocycles. The van der Waals surface area contributed by atoms with E-state index in [1.807, 2.05) is 0 Å². The number of ketones is 1. The molecule has 2 heteroatoms. The summed E-state index contributed by atoms with van der Waals surface area (Å²) < 4.78 is 5.31. The van der Waals surface area contributed by atoms with E-state index in [0.29, 0.717) is 12.4 Å². The standard InChI is InChI=1S/C12H22O2/c1-2-3-4-5-8-12(13)11-7-6-9-14-10-11/h11H,2-10H2,1H3. The maximum atomic E-state index is 11.7. The zero-order chi connectivity index (χ0) is 10.2. The molecule has 1 heterocycles. The Bertz CT molecular complexity index is 160. The van der Waals surface area contributed by atoms with Gasteiger partial charge in [0.1, 0.15) is 5.78 Å². The van der Waals surface area contributed by atoms with Gasteiger partial charge >= 0.3 is 0 Å². The van der Waals surface area contributed by atoms with Crippen molar-refractivity contribution in [1.82, 2.24) is 0 Å². The van der Waals surface area contributed by atoms with Gasteiger partial charge in [0.05, 0.1) is 6.61 Å². The van der Waals surface area contributed by atoms with Crippen molar-refractivity contribution >= 4 is 5.78 Å². The molecular formula is C12H22O2. The lowest BCUT2D eigenvalue weighted by Crippen LogP contribution is -2.25. The van der Waals surface area contributed by atoms with Crippen molar-refractivity contribution in [3.63, 3.8) is 0 Å². The third-order valence-corrected chi connectivity index (χ3v) is 2.89. The number of carbonyl (C=O) groups is 1. The van der Waals surface area contributed by atoms with E-state index in [1.165, 1.54) is 19.3 Å². The highest BCUT2D eigenvalue weighted by Crippen LogP contribution is 2.17. The van der Waals surface area contributed by atoms with Gasteiger partial charge in [0.15, 0.2) is 0 Å². The highest BCUT2D eigenvalue weighted by atomic mass is 16.5. The molecule has 82 valence electrons. The predicted molar refractivity (Wildman–Crippen MR) is 57.3 cm³/mol. The van der Waals surface area contributed by atoms with E-state index in [0.717, 1.165) is 32.3 Å². The Morgan fingerprint density at radius 1 is 1.36 bits per heavy atom. The SMILES string of the molecule is CCCCCCC(=O)C1CCCOC1. The second-order valence-electron chi connectivity index (χ2n) is 4.19. The first-order chi connectivity index (χ1) is 6.84. The highest BCUT2D eigenvalue weighted by molar-refractivity contribution is 5.81. The number of hydrogen-bond donors (Lipinski definition) is 0. The number of rotatable bonds is 6. The number of ether oxygens (including phenoxy) is 1. The molecule has 1 saturated heterocycles. The minimum atomic E-state index is 0.213. The van der Waals surface area contributed by atoms with Crippen molar-refractivity contribution in [2.75, 3.05) is 13.2 Å². The topological polar surface area (TPSA) is 26.3 Å². The Hall–Kier alpha value is -0.370. The van der Waals surface area contributed by atoms with Crippen molar-refractivity contribution < 1.29 is 9.53 Å². The first kappa shape index (κ1) is 11.7. The molecule has 0 spiro atoms. The van der Waals surface area contributed by atoms with E-state index in [1.54, 1.807) is 0 Å². The number of Topliss-reactive ketones (excluding diaryl/α,β-unsaturated/α-hetero) is 1. The van der Waals surface area contributed by atoms with E-state index in [9.17, 15) is 4.79 Å². The average Bonchev–Trinajstić information content (AvgIpc) is 2.25. The first-order valence-corrected chi connectivity index (χ1v) is 5.95. The summed E-state index contributed by atoms with van der Waals surface area (Å²) in [4.78, 5) is 11.7. The zero-order valence-corrected chi connectivity index (χ0v) is 9.26. The van der Waals surface area contributed by atoms with Gasteiger partial charge in [-0.05, 0) is 19.3 Å². The normalized spacial score (nSPS) is 22.2. The summed E-state index contributed by atoms with van der Waals surface area (Å²) in [7, 11) is 0. The summed E-state index contributed by atoms with van der Waals surface area (Å²) in [5, 5.41) is 0. The largest absolute Gasteiger partial charge is 0.381 e. The summed E-state index contributed by atoms with van der Waals surface area (Å²) in [6.07, 6.45) is 7.65. The molecular weight excluding hydrogens is 176 g/mol. The van der Waals surface area contributed by atoms with Crippen LogP contribution in [0.5, 0.6) is 0 Å². The molecule has 0 aromatic rings. The molecule has 0 aromatic heterocycles. The summed E-state index contributed by atoms with van der Waals surface area (Å²) >= 11 is 0. The van der Waals surface area contributed by atoms with E-state index in [2.05, 4.69) is 6.92 Å². The van der Waals surface area contributed by atoms with Crippen molar-refractivity contribution in [3.05, 3.63) is 0 Å². The molecule has 1 aliphatic heterocycles. The Morgan fingerprint density at radius 2 is 2.21 bits per heavy atom. The average molecular weight is 198 g/mol. The van der Waals surface area contributed by atoms with Crippen molar-refractivity contribution in [3.8, 4) is 0 Å². The van der Waals surface area contributed by atoms with Crippen LogP contribution in [0.2, 0.25) is 0 Å². The Kier molecular flexibility index (Phi) is 5.85. The van der Waals surface area contributed by atoms with E-state index >= 15 is 0 Å². The molecule has 1 unspecified atom stereocenters. The van der Waals surface area contributed by atoms with Gasteiger partial charge < -0.3 is 4.74 Å². The van der Waals surface area contributed by atoms with Crippen LogP contribution in [0.4, 0.5) is 0 Å². The van der Waals surface area contributed by atoms with Crippen LogP contribution in [-0.4, -0.2) is 19.0 Å². The van der Waals surface area contributed by atoms with Crippen LogP contribution >= 0.6 is 0 Å². The minimum absolute atomic E-state index is 0.213. The quantitative estimate of drug-likeness (QED) is 0.613. The van der Waals surface area contributed by atoms with Gasteiger partial charge in [0, 0.05) is 18.9 Å². The fourth-order valence-corrected chi connectivity index (χ4v) is 1.92. The van der Waals surface area contributed by atoms with Crippen molar-refractivity contribution in [1.29, 1.82) is 0 Å². The zero-order valence-electron chi connectivity index (χ0n) is 9.26. The smallest absolute Gasteiger partial charge is 0.138 e. The Labute approximate surface area is 87.0 Å². The van der Waals surface area contributed by atoms with Crippen LogP contribution in [0.15, 0.2) is 0 Å². The Balaban J connectivity index is 2.07. The van der Waals surface area contributed by atoms with Crippen molar-refractivity contribution in [2.45, 2.75) is 51.9 Å². The van der Waals surface area contributed by atoms with Gasteiger partial charge in [-0.1, -0.05) is 26.2 Å². The second-order valence-corrected chi connectivity index (χ2v) is 4.19. The summed E-state index contributed by atoms with van der Waals surface area (Å²) in [6, 6.07) is 0. The third-order valence-electron chi connectivity index (χ3n) is 2.89. The van der Waals surface area contributed by atoms with Crippen LogP contribution in [0, 0.1) is 5.92 Å². The predicted octanol–water partition coefficient (Wildman–Crippen LogP) is 2.95. The molecule has 14 heavy (non-hydrogen) atoms. The fraction of sp³-hybridized carbons (Fsp3) is 0.917. The maximum Gasteiger partial charge on any atom is 0.138 e. The molecule has 1 fully saturated rings. The molecule has 1 atom stereocenters. The monoisotopic (exact) mass is 198 g/mol. The van der Waals surface area contributed by atoms with Crippen molar-refractivity contribution in [2.24, 2.45) is 5.92 Å². The number of unbranched alkanes of at least 4 members (excludes halogenated alkanes) is 3. The maximum absolute atomic E-state index is 11.7. The van der Waals surface area contributed by atoms with Crippen LogP contribution in [-0.2, 0) is 9.53 Å². The van der Waals surface area contributed by atoms with E-state index in [-0.39, 0.29) is 5.92 Å². The molecule has 1 aliphatic rings. The van der Waals surface area contributed by atoms with Gasteiger partial charge in [-0.25, -0.2) is 0 Å². The lowest BCUT2D eigenvalue weighted by atomic mass is 9.94. The molecule has 0 bridgehead atoms. The molecule has 2 nitrogen and oxygen atoms in total. The lowest BCUT2D eigenvalue weighted by molar-refractivity contribution is -0.126. The van der Waals surface area contributed by atoms with Gasteiger partial charge in [-0.15, -0.1) is 0 Å². The minimum Gasteiger partial charge on any atom is -0.381 e. The first-order valence-electron chi connectivity index (χ1n) is 5.95. The van der Waals surface area contributed by atoms with Gasteiger partial charge in [0.2, 0.25) is 0 Å². The molecule has 0 amide bonds. The van der Waals surface area contributed by atoms with Crippen LogP contribution < -0.4 is 0 Å². The second kappa shape index (κ2) is 6.99. The van der Waals surface area contributed by atoms with Crippen LogP contribution in [0.3, 0.4) is 0 Å². The number of hydrogen-bond acceptors (Lipinski definition) is 2. The molecule has 0 radical (unpaired) electrons. The van der Waals surface area contributed by atoms with Gasteiger partial charge in [-0.2, -0.15) is 0 Å². The molecule has 0 aliphatic carbocycles. The van der Waals surface area contributed by atoms with Gasteiger partial charge in [-0.3, -0.25) is 4.79 Å². The summed E-state index contributed by atoms with van der Waals surface area (Å²) in [5.41, 5.74) is 0. The summed E-state index contributed by atoms with van der Waals surface area (Å²) in [6.45, 7) is 3.71.